The molecule has 0 unspecified atom stereocenters. The van der Waals surface area contributed by atoms with Crippen molar-refractivity contribution in [3.8, 4) is 0 Å². The minimum Gasteiger partial charge on any atom is -0.393 e. The zero-order valence-electron chi connectivity index (χ0n) is 6.78. The smallest absolute Gasteiger partial charge is 0.0584 e. The molecule has 1 aliphatic carbocycles. The topological polar surface area (TPSA) is 40.5 Å². The van der Waals surface area contributed by atoms with Crippen molar-refractivity contribution in [2.75, 3.05) is 0 Å². The van der Waals surface area contributed by atoms with E-state index in [9.17, 15) is 10.2 Å². The number of rotatable bonds is 2. The summed E-state index contributed by atoms with van der Waals surface area (Å²) in [6.07, 6.45) is 4.51. The Labute approximate surface area is 68.2 Å². The fraction of sp³-hybridized carbons (Fsp3) is 0.444. The standard InChI is InChI=1S/C9H13O2/c1-6(10)8-4-3-5-9(8)7(2)11/h3-7,10-11H,1-2H3/t6-,7-/m0/s1. The Bertz CT molecular complexity index is 107. The van der Waals surface area contributed by atoms with Crippen LogP contribution in [0.3, 0.4) is 0 Å². The van der Waals surface area contributed by atoms with Crippen LogP contribution in [0.15, 0.2) is 0 Å². The molecule has 1 saturated carbocycles. The highest BCUT2D eigenvalue weighted by atomic mass is 16.3. The molecule has 0 aromatic heterocycles. The van der Waals surface area contributed by atoms with Gasteiger partial charge in [-0.05, 0) is 33.1 Å². The second kappa shape index (κ2) is 3.55. The largest absolute Gasteiger partial charge is 0.393 e. The molecular weight excluding hydrogens is 140 g/mol. The third-order valence-electron chi connectivity index (χ3n) is 1.79. The van der Waals surface area contributed by atoms with E-state index in [1.165, 1.54) is 0 Å². The number of aliphatic hydroxyl groups excluding tert-OH is 2. The minimum absolute atomic E-state index is 0.491. The summed E-state index contributed by atoms with van der Waals surface area (Å²) in [6.45, 7) is 3.39. The van der Waals surface area contributed by atoms with Crippen molar-refractivity contribution in [2.24, 2.45) is 0 Å². The van der Waals surface area contributed by atoms with Gasteiger partial charge in [0.1, 0.15) is 0 Å². The van der Waals surface area contributed by atoms with Gasteiger partial charge in [0, 0.05) is 11.8 Å². The second-order valence-corrected chi connectivity index (χ2v) is 2.79. The van der Waals surface area contributed by atoms with Gasteiger partial charge in [-0.2, -0.15) is 0 Å². The summed E-state index contributed by atoms with van der Waals surface area (Å²) in [6, 6.07) is 0. The van der Waals surface area contributed by atoms with Crippen LogP contribution in [0.2, 0.25) is 0 Å². The van der Waals surface area contributed by atoms with Gasteiger partial charge in [-0.25, -0.2) is 0 Å². The summed E-state index contributed by atoms with van der Waals surface area (Å²) in [5, 5.41) is 18.5. The lowest BCUT2D eigenvalue weighted by Gasteiger charge is -2.22. The Balaban J connectivity index is 2.51. The van der Waals surface area contributed by atoms with Gasteiger partial charge >= 0.3 is 0 Å². The van der Waals surface area contributed by atoms with E-state index in [2.05, 4.69) is 0 Å². The molecule has 0 bridgehead atoms. The maximum absolute atomic E-state index is 9.23. The van der Waals surface area contributed by atoms with Crippen LogP contribution in [0, 0.1) is 31.1 Å². The molecule has 0 saturated heterocycles. The van der Waals surface area contributed by atoms with Crippen molar-refractivity contribution in [3.63, 3.8) is 0 Å². The van der Waals surface area contributed by atoms with Crippen LogP contribution < -0.4 is 0 Å². The SMILES string of the molecule is C[C@H](O)[C]1[CH][CH][CH][C]1[C@H](C)O. The predicted octanol–water partition coefficient (Wildman–Crippen LogP) is 0.523. The van der Waals surface area contributed by atoms with E-state index in [1.54, 1.807) is 13.8 Å². The number of hydrogen-bond acceptors (Lipinski definition) is 2. The van der Waals surface area contributed by atoms with Crippen molar-refractivity contribution in [1.29, 1.82) is 0 Å². The fourth-order valence-corrected chi connectivity index (χ4v) is 1.21. The molecule has 11 heavy (non-hydrogen) atoms. The first-order chi connectivity index (χ1) is 5.13. The molecule has 0 amide bonds. The van der Waals surface area contributed by atoms with E-state index < -0.39 is 12.2 Å². The Morgan fingerprint density at radius 2 is 1.36 bits per heavy atom. The fourth-order valence-electron chi connectivity index (χ4n) is 1.21. The highest BCUT2D eigenvalue weighted by molar-refractivity contribution is 5.47. The quantitative estimate of drug-likeness (QED) is 0.607. The van der Waals surface area contributed by atoms with E-state index in [0.717, 1.165) is 11.8 Å². The monoisotopic (exact) mass is 153 g/mol. The number of hydrogen-bond donors (Lipinski definition) is 2. The van der Waals surface area contributed by atoms with Gasteiger partial charge in [0.25, 0.3) is 0 Å². The third-order valence-corrected chi connectivity index (χ3v) is 1.79. The highest BCUT2D eigenvalue weighted by Gasteiger charge is 2.35. The molecule has 2 atom stereocenters. The molecule has 1 aliphatic rings. The van der Waals surface area contributed by atoms with Crippen LogP contribution in [0.1, 0.15) is 13.8 Å². The van der Waals surface area contributed by atoms with E-state index in [4.69, 9.17) is 0 Å². The average molecular weight is 153 g/mol. The molecule has 2 heteroatoms. The van der Waals surface area contributed by atoms with Gasteiger partial charge in [-0.1, -0.05) is 0 Å². The lowest BCUT2D eigenvalue weighted by molar-refractivity contribution is 0.178. The van der Waals surface area contributed by atoms with Crippen LogP contribution in [0.4, 0.5) is 0 Å². The molecule has 0 spiro atoms. The average Bonchev–Trinajstić information content (AvgIpc) is 2.32. The first-order valence-corrected chi connectivity index (χ1v) is 3.74. The first-order valence-electron chi connectivity index (χ1n) is 3.74. The summed E-state index contributed by atoms with van der Waals surface area (Å²) in [5.41, 5.74) is 0. The lowest BCUT2D eigenvalue weighted by atomic mass is 9.88. The van der Waals surface area contributed by atoms with Crippen LogP contribution in [-0.4, -0.2) is 22.4 Å². The van der Waals surface area contributed by atoms with Crippen LogP contribution in [0.25, 0.3) is 0 Å². The normalized spacial score (nSPS) is 27.3. The summed E-state index contributed by atoms with van der Waals surface area (Å²) < 4.78 is 0. The van der Waals surface area contributed by atoms with Crippen LogP contribution >= 0.6 is 0 Å². The Morgan fingerprint density at radius 3 is 1.64 bits per heavy atom. The molecule has 5 radical (unpaired) electrons. The van der Waals surface area contributed by atoms with Crippen LogP contribution in [-0.2, 0) is 0 Å². The van der Waals surface area contributed by atoms with Crippen molar-refractivity contribution < 1.29 is 10.2 Å². The van der Waals surface area contributed by atoms with E-state index in [1.807, 2.05) is 19.3 Å². The summed E-state index contributed by atoms with van der Waals surface area (Å²) in [4.78, 5) is 0. The molecule has 2 nitrogen and oxygen atoms in total. The molecule has 0 aromatic carbocycles. The van der Waals surface area contributed by atoms with Crippen molar-refractivity contribution in [1.82, 2.24) is 0 Å². The van der Waals surface area contributed by atoms with E-state index in [0.29, 0.717) is 0 Å². The van der Waals surface area contributed by atoms with Gasteiger partial charge < -0.3 is 10.2 Å². The summed E-state index contributed by atoms with van der Waals surface area (Å²) in [5.74, 6) is 1.64. The molecule has 0 aromatic rings. The molecule has 61 valence electrons. The van der Waals surface area contributed by atoms with Crippen molar-refractivity contribution >= 4 is 0 Å². The van der Waals surface area contributed by atoms with Gasteiger partial charge in [-0.3, -0.25) is 0 Å². The Kier molecular flexibility index (Phi) is 2.90. The van der Waals surface area contributed by atoms with Crippen molar-refractivity contribution in [2.45, 2.75) is 26.1 Å². The lowest BCUT2D eigenvalue weighted by Crippen LogP contribution is -2.25. The number of aliphatic hydroxyl groups is 2. The summed E-state index contributed by atoms with van der Waals surface area (Å²) in [7, 11) is 0. The zero-order valence-corrected chi connectivity index (χ0v) is 6.78. The molecule has 0 aliphatic heterocycles. The van der Waals surface area contributed by atoms with E-state index >= 15 is 0 Å². The van der Waals surface area contributed by atoms with Gasteiger partial charge in [0.2, 0.25) is 0 Å². The molecule has 2 N–H and O–H groups in total. The summed E-state index contributed by atoms with van der Waals surface area (Å²) >= 11 is 0. The van der Waals surface area contributed by atoms with Crippen molar-refractivity contribution in [3.05, 3.63) is 31.1 Å². The second-order valence-electron chi connectivity index (χ2n) is 2.79. The molecule has 0 heterocycles. The zero-order chi connectivity index (χ0) is 8.43. The van der Waals surface area contributed by atoms with Gasteiger partial charge in [0.15, 0.2) is 0 Å². The molecule has 1 fully saturated rings. The first kappa shape index (κ1) is 9.01. The Morgan fingerprint density at radius 1 is 1.00 bits per heavy atom. The van der Waals surface area contributed by atoms with Gasteiger partial charge in [-0.15, -0.1) is 0 Å². The molecule has 1 rings (SSSR count). The maximum atomic E-state index is 9.23. The Hall–Kier alpha value is -0.0800. The minimum atomic E-state index is -0.491. The van der Waals surface area contributed by atoms with Crippen LogP contribution in [0.5, 0.6) is 0 Å². The maximum Gasteiger partial charge on any atom is 0.0584 e. The van der Waals surface area contributed by atoms with Gasteiger partial charge in [0.05, 0.1) is 12.2 Å². The highest BCUT2D eigenvalue weighted by Crippen LogP contribution is 2.37. The predicted molar refractivity (Wildman–Crippen MR) is 42.7 cm³/mol. The molecular formula is C9H13O2. The third kappa shape index (κ3) is 1.94. The van der Waals surface area contributed by atoms with E-state index in [-0.39, 0.29) is 0 Å².